The number of para-hydroxylation sites is 1. The summed E-state index contributed by atoms with van der Waals surface area (Å²) in [6, 6.07) is 6.51. The van der Waals surface area contributed by atoms with Crippen LogP contribution >= 0.6 is 0 Å². The van der Waals surface area contributed by atoms with Gasteiger partial charge in [-0.05, 0) is 58.6 Å². The van der Waals surface area contributed by atoms with Gasteiger partial charge in [0.25, 0.3) is 0 Å². The molecule has 5 heteroatoms. The lowest BCUT2D eigenvalue weighted by Gasteiger charge is -2.42. The zero-order chi connectivity index (χ0) is 19.3. The predicted molar refractivity (Wildman–Crippen MR) is 107 cm³/mol. The van der Waals surface area contributed by atoms with Crippen LogP contribution in [0.2, 0.25) is 0 Å². The van der Waals surface area contributed by atoms with Gasteiger partial charge in [0.05, 0.1) is 0 Å². The quantitative estimate of drug-likeness (QED) is 0.785. The Balaban J connectivity index is 2.17. The fourth-order valence-electron chi connectivity index (χ4n) is 3.63. The molecule has 1 aromatic carbocycles. The van der Waals surface area contributed by atoms with E-state index in [9.17, 15) is 9.59 Å². The molecular weight excluding hydrogens is 326 g/mol. The maximum absolute atomic E-state index is 13.3. The fraction of sp³-hybridized carbons (Fsp3) is 0.619. The van der Waals surface area contributed by atoms with Gasteiger partial charge >= 0.3 is 0 Å². The molecule has 1 aromatic rings. The van der Waals surface area contributed by atoms with Crippen LogP contribution in [0.25, 0.3) is 0 Å². The van der Waals surface area contributed by atoms with Gasteiger partial charge in [-0.25, -0.2) is 0 Å². The Labute approximate surface area is 157 Å². The van der Waals surface area contributed by atoms with Crippen molar-refractivity contribution in [1.82, 2.24) is 10.2 Å². The average molecular weight is 360 g/mol. The van der Waals surface area contributed by atoms with Crippen molar-refractivity contribution < 1.29 is 9.59 Å². The molecule has 1 heterocycles. The van der Waals surface area contributed by atoms with Crippen molar-refractivity contribution in [2.24, 2.45) is 0 Å². The normalized spacial score (nSPS) is 17.3. The molecule has 1 amide bonds. The molecule has 1 saturated heterocycles. The molecule has 26 heavy (non-hydrogen) atoms. The van der Waals surface area contributed by atoms with Gasteiger partial charge in [-0.2, -0.15) is 0 Å². The number of piperidine rings is 1. The number of Topliss-reactive ketones (excluding diaryl/α,β-unsaturated/α-hetero) is 1. The minimum absolute atomic E-state index is 0.0156. The van der Waals surface area contributed by atoms with Crippen molar-refractivity contribution in [2.45, 2.75) is 65.5 Å². The van der Waals surface area contributed by atoms with Crippen LogP contribution in [-0.4, -0.2) is 47.8 Å². The Morgan fingerprint density at radius 1 is 1.15 bits per heavy atom. The number of amides is 1. The van der Waals surface area contributed by atoms with E-state index in [1.165, 1.54) is 0 Å². The minimum Gasteiger partial charge on any atom is -0.324 e. The molecule has 0 unspecified atom stereocenters. The summed E-state index contributed by atoms with van der Waals surface area (Å²) in [6.07, 6.45) is 1.95. The summed E-state index contributed by atoms with van der Waals surface area (Å²) in [4.78, 5) is 27.0. The monoisotopic (exact) mass is 359 g/mol. The van der Waals surface area contributed by atoms with Crippen molar-refractivity contribution in [1.29, 1.82) is 0 Å². The molecule has 0 bridgehead atoms. The van der Waals surface area contributed by atoms with Gasteiger partial charge in [-0.1, -0.05) is 18.2 Å². The first kappa shape index (κ1) is 20.6. The smallest absolute Gasteiger partial charge is 0.244 e. The third-order valence-electron chi connectivity index (χ3n) is 5.48. The van der Waals surface area contributed by atoms with Gasteiger partial charge in [-0.15, -0.1) is 0 Å². The molecular formula is C21H33N3O2. The number of benzene rings is 1. The van der Waals surface area contributed by atoms with Crippen molar-refractivity contribution in [2.75, 3.05) is 25.0 Å². The number of carbonyl (C=O) groups excluding carboxylic acids is 2. The summed E-state index contributed by atoms with van der Waals surface area (Å²) in [5.41, 5.74) is 2.42. The van der Waals surface area contributed by atoms with E-state index < -0.39 is 5.54 Å². The number of aryl methyl sites for hydroxylation is 2. The summed E-state index contributed by atoms with van der Waals surface area (Å²) in [7, 11) is 0. The van der Waals surface area contributed by atoms with E-state index >= 15 is 0 Å². The highest BCUT2D eigenvalue weighted by Gasteiger charge is 2.41. The number of hydrogen-bond donors (Lipinski definition) is 2. The Kier molecular flexibility index (Phi) is 6.95. The molecule has 1 aliphatic rings. The standard InChI is InChI=1S/C21H33N3O2/c1-15(2)24-13-10-21(11-14-24,22-12-9-18(5)25)20(26)23-19-16(3)7-6-8-17(19)4/h6-8,15,22H,9-14H2,1-5H3,(H,23,26). The SMILES string of the molecule is CC(=O)CCNC1(C(=O)Nc2c(C)cccc2C)CCN(C(C)C)CC1. The van der Waals surface area contributed by atoms with Crippen molar-refractivity contribution >= 4 is 17.4 Å². The third kappa shape index (κ3) is 4.92. The Bertz CT molecular complexity index is 626. The van der Waals surface area contributed by atoms with Gasteiger partial charge in [0.2, 0.25) is 5.91 Å². The first-order chi connectivity index (χ1) is 12.2. The number of nitrogens with one attached hydrogen (secondary N) is 2. The molecule has 0 radical (unpaired) electrons. The molecule has 0 spiro atoms. The van der Waals surface area contributed by atoms with E-state index in [1.807, 2.05) is 32.0 Å². The highest BCUT2D eigenvalue weighted by atomic mass is 16.2. The van der Waals surface area contributed by atoms with Crippen LogP contribution in [0.15, 0.2) is 18.2 Å². The second-order valence-corrected chi connectivity index (χ2v) is 7.81. The van der Waals surface area contributed by atoms with Gasteiger partial charge in [-0.3, -0.25) is 9.59 Å². The van der Waals surface area contributed by atoms with E-state index in [-0.39, 0.29) is 11.7 Å². The second kappa shape index (κ2) is 8.78. The van der Waals surface area contributed by atoms with Crippen LogP contribution in [0.1, 0.15) is 51.2 Å². The molecule has 1 aliphatic heterocycles. The number of anilines is 1. The predicted octanol–water partition coefficient (Wildman–Crippen LogP) is 3.05. The van der Waals surface area contributed by atoms with Crippen molar-refractivity contribution in [3.05, 3.63) is 29.3 Å². The largest absolute Gasteiger partial charge is 0.324 e. The molecule has 1 fully saturated rings. The lowest BCUT2D eigenvalue weighted by atomic mass is 9.85. The van der Waals surface area contributed by atoms with Crippen molar-refractivity contribution in [3.8, 4) is 0 Å². The molecule has 0 aromatic heterocycles. The van der Waals surface area contributed by atoms with E-state index in [0.29, 0.717) is 19.0 Å². The zero-order valence-corrected chi connectivity index (χ0v) is 16.8. The van der Waals surface area contributed by atoms with Gasteiger partial charge < -0.3 is 15.5 Å². The zero-order valence-electron chi connectivity index (χ0n) is 16.8. The van der Waals surface area contributed by atoms with Crippen LogP contribution in [0.5, 0.6) is 0 Å². The Morgan fingerprint density at radius 3 is 2.23 bits per heavy atom. The van der Waals surface area contributed by atoms with Crippen LogP contribution in [0.4, 0.5) is 5.69 Å². The van der Waals surface area contributed by atoms with E-state index in [2.05, 4.69) is 29.4 Å². The lowest BCUT2D eigenvalue weighted by molar-refractivity contribution is -0.125. The maximum Gasteiger partial charge on any atom is 0.244 e. The number of carbonyl (C=O) groups is 2. The third-order valence-corrected chi connectivity index (χ3v) is 5.48. The van der Waals surface area contributed by atoms with E-state index in [1.54, 1.807) is 6.92 Å². The maximum atomic E-state index is 13.3. The molecule has 2 N–H and O–H groups in total. The fourth-order valence-corrected chi connectivity index (χ4v) is 3.63. The summed E-state index contributed by atoms with van der Waals surface area (Å²) >= 11 is 0. The summed E-state index contributed by atoms with van der Waals surface area (Å²) < 4.78 is 0. The number of hydrogen-bond acceptors (Lipinski definition) is 4. The molecule has 144 valence electrons. The summed E-state index contributed by atoms with van der Waals surface area (Å²) in [5, 5.41) is 6.59. The average Bonchev–Trinajstić information content (AvgIpc) is 2.58. The van der Waals surface area contributed by atoms with E-state index in [4.69, 9.17) is 0 Å². The minimum atomic E-state index is -0.616. The van der Waals surface area contributed by atoms with Crippen LogP contribution in [0, 0.1) is 13.8 Å². The van der Waals surface area contributed by atoms with Gasteiger partial charge in [0.1, 0.15) is 11.3 Å². The van der Waals surface area contributed by atoms with Crippen LogP contribution in [0.3, 0.4) is 0 Å². The van der Waals surface area contributed by atoms with E-state index in [0.717, 1.165) is 42.7 Å². The summed E-state index contributed by atoms with van der Waals surface area (Å²) in [5.74, 6) is 0.157. The van der Waals surface area contributed by atoms with Crippen LogP contribution in [-0.2, 0) is 9.59 Å². The molecule has 0 atom stereocenters. The van der Waals surface area contributed by atoms with Gasteiger partial charge in [0, 0.05) is 37.8 Å². The number of ketones is 1. The number of nitrogens with zero attached hydrogens (tertiary/aromatic N) is 1. The first-order valence-corrected chi connectivity index (χ1v) is 9.61. The molecule has 0 aliphatic carbocycles. The Morgan fingerprint density at radius 2 is 1.73 bits per heavy atom. The number of rotatable bonds is 7. The van der Waals surface area contributed by atoms with Gasteiger partial charge in [0.15, 0.2) is 0 Å². The first-order valence-electron chi connectivity index (χ1n) is 9.61. The highest BCUT2D eigenvalue weighted by molar-refractivity contribution is 5.99. The van der Waals surface area contributed by atoms with Crippen molar-refractivity contribution in [3.63, 3.8) is 0 Å². The number of likely N-dealkylation sites (tertiary alicyclic amines) is 1. The molecule has 5 nitrogen and oxygen atoms in total. The highest BCUT2D eigenvalue weighted by Crippen LogP contribution is 2.27. The topological polar surface area (TPSA) is 61.4 Å². The second-order valence-electron chi connectivity index (χ2n) is 7.81. The Hall–Kier alpha value is -1.72. The lowest BCUT2D eigenvalue weighted by Crippen LogP contribution is -2.61. The molecule has 0 saturated carbocycles. The summed E-state index contributed by atoms with van der Waals surface area (Å²) in [6.45, 7) is 12.3. The molecule has 2 rings (SSSR count). The van der Waals surface area contributed by atoms with Crippen LogP contribution < -0.4 is 10.6 Å².